The minimum absolute atomic E-state index is 0.103. The molecule has 0 radical (unpaired) electrons. The Morgan fingerprint density at radius 2 is 1.92 bits per heavy atom. The lowest BCUT2D eigenvalue weighted by molar-refractivity contribution is -0.166. The molecule has 6 heteroatoms. The Kier molecular flexibility index (Phi) is 3.28. The quantitative estimate of drug-likeness (QED) is 0.612. The van der Waals surface area contributed by atoms with Gasteiger partial charge in [0, 0.05) is 5.41 Å². The first-order valence-corrected chi connectivity index (χ1v) is 5.73. The summed E-state index contributed by atoms with van der Waals surface area (Å²) in [6.07, 6.45) is 1.03. The molecule has 0 aromatic heterocycles. The molecule has 0 saturated carbocycles. The van der Waals surface area contributed by atoms with Crippen LogP contribution in [0, 0.1) is 5.41 Å². The van der Waals surface area contributed by atoms with E-state index in [1.54, 1.807) is 0 Å². The lowest BCUT2D eigenvalue weighted by Gasteiger charge is -2.32. The van der Waals surface area contributed by atoms with Crippen molar-refractivity contribution in [2.24, 2.45) is 5.41 Å². The summed E-state index contributed by atoms with van der Waals surface area (Å²) in [7, 11) is -3.37. The maximum atomic E-state index is 10.7. The summed E-state index contributed by atoms with van der Waals surface area (Å²) in [4.78, 5) is 0. The fourth-order valence-corrected chi connectivity index (χ4v) is 1.51. The predicted octanol–water partition coefficient (Wildman–Crippen LogP) is -0.0268. The fourth-order valence-electron chi connectivity index (χ4n) is 1.01. The molecule has 1 saturated heterocycles. The zero-order chi connectivity index (χ0) is 9.95. The third-order valence-corrected chi connectivity index (χ3v) is 2.24. The van der Waals surface area contributed by atoms with Gasteiger partial charge in [-0.05, 0) is 0 Å². The molecule has 0 N–H and O–H groups in total. The molecule has 1 heterocycles. The Hall–Kier alpha value is -0.170. The van der Waals surface area contributed by atoms with Gasteiger partial charge in [-0.1, -0.05) is 6.92 Å². The summed E-state index contributed by atoms with van der Waals surface area (Å²) in [5, 5.41) is 0. The van der Waals surface area contributed by atoms with E-state index in [2.05, 4.69) is 4.18 Å². The van der Waals surface area contributed by atoms with Crippen molar-refractivity contribution in [1.82, 2.24) is 0 Å². The van der Waals surface area contributed by atoms with Crippen LogP contribution in [0.15, 0.2) is 0 Å². The molecule has 78 valence electrons. The van der Waals surface area contributed by atoms with Crippen LogP contribution in [0.5, 0.6) is 0 Å². The predicted molar refractivity (Wildman–Crippen MR) is 45.7 cm³/mol. The molecule has 1 fully saturated rings. The molecule has 0 aromatic carbocycles. The van der Waals surface area contributed by atoms with Crippen LogP contribution in [0.25, 0.3) is 0 Å². The van der Waals surface area contributed by atoms with E-state index >= 15 is 0 Å². The van der Waals surface area contributed by atoms with Gasteiger partial charge in [0.05, 0.1) is 26.1 Å². The van der Waals surface area contributed by atoms with Gasteiger partial charge in [-0.2, -0.15) is 8.42 Å². The summed E-state index contributed by atoms with van der Waals surface area (Å²) >= 11 is 0. The van der Waals surface area contributed by atoms with Crippen molar-refractivity contribution in [3.63, 3.8) is 0 Å². The van der Waals surface area contributed by atoms with Crippen LogP contribution in [0.3, 0.4) is 0 Å². The van der Waals surface area contributed by atoms with Gasteiger partial charge in [0.25, 0.3) is 10.1 Å². The molecule has 5 nitrogen and oxygen atoms in total. The van der Waals surface area contributed by atoms with Crippen molar-refractivity contribution in [1.29, 1.82) is 0 Å². The van der Waals surface area contributed by atoms with Gasteiger partial charge in [0.15, 0.2) is 0 Å². The second-order valence-corrected chi connectivity index (χ2v) is 5.24. The molecule has 0 aromatic rings. The van der Waals surface area contributed by atoms with Gasteiger partial charge in [-0.3, -0.25) is 4.18 Å². The maximum Gasteiger partial charge on any atom is 0.264 e. The Labute approximate surface area is 78.1 Å². The van der Waals surface area contributed by atoms with E-state index in [0.717, 1.165) is 6.26 Å². The lowest BCUT2D eigenvalue weighted by atomic mass is 9.94. The van der Waals surface area contributed by atoms with Crippen LogP contribution in [0.2, 0.25) is 0 Å². The standard InChI is InChI=1S/C7H14O5S/c1-7(3-10-6-11-4-7)5-12-13(2,8)9/h3-6H2,1-2H3. The minimum Gasteiger partial charge on any atom is -0.355 e. The highest BCUT2D eigenvalue weighted by Crippen LogP contribution is 2.22. The second-order valence-electron chi connectivity index (χ2n) is 3.59. The summed E-state index contributed by atoms with van der Waals surface area (Å²) < 4.78 is 36.2. The van der Waals surface area contributed by atoms with E-state index in [-0.39, 0.29) is 18.8 Å². The molecule has 0 amide bonds. The smallest absolute Gasteiger partial charge is 0.264 e. The van der Waals surface area contributed by atoms with Crippen LogP contribution in [-0.2, 0) is 23.8 Å². The van der Waals surface area contributed by atoms with Crippen molar-refractivity contribution in [3.05, 3.63) is 0 Å². The van der Waals surface area contributed by atoms with Crippen LogP contribution < -0.4 is 0 Å². The van der Waals surface area contributed by atoms with Gasteiger partial charge in [0.2, 0.25) is 0 Å². The van der Waals surface area contributed by atoms with Crippen molar-refractivity contribution in [3.8, 4) is 0 Å². The van der Waals surface area contributed by atoms with Crippen molar-refractivity contribution in [2.45, 2.75) is 6.92 Å². The van der Waals surface area contributed by atoms with E-state index in [1.165, 1.54) is 0 Å². The first-order chi connectivity index (χ1) is 5.91. The first-order valence-electron chi connectivity index (χ1n) is 3.91. The molecule has 0 aliphatic carbocycles. The zero-order valence-electron chi connectivity index (χ0n) is 7.78. The molecule has 13 heavy (non-hydrogen) atoms. The third-order valence-electron chi connectivity index (χ3n) is 1.69. The molecule has 1 rings (SSSR count). The van der Waals surface area contributed by atoms with E-state index in [4.69, 9.17) is 9.47 Å². The largest absolute Gasteiger partial charge is 0.355 e. The van der Waals surface area contributed by atoms with E-state index in [0.29, 0.717) is 13.2 Å². The van der Waals surface area contributed by atoms with Gasteiger partial charge >= 0.3 is 0 Å². The van der Waals surface area contributed by atoms with E-state index < -0.39 is 10.1 Å². The van der Waals surface area contributed by atoms with Gasteiger partial charge < -0.3 is 9.47 Å². The van der Waals surface area contributed by atoms with Crippen molar-refractivity contribution >= 4 is 10.1 Å². The Bertz CT molecular complexity index is 252. The fraction of sp³-hybridized carbons (Fsp3) is 1.00. The summed E-state index contributed by atoms with van der Waals surface area (Å²) in [6, 6.07) is 0. The van der Waals surface area contributed by atoms with Gasteiger partial charge in [-0.15, -0.1) is 0 Å². The van der Waals surface area contributed by atoms with E-state index in [9.17, 15) is 8.42 Å². The molecular weight excluding hydrogens is 196 g/mol. The summed E-state index contributed by atoms with van der Waals surface area (Å²) in [5.41, 5.74) is -0.360. The molecule has 0 bridgehead atoms. The lowest BCUT2D eigenvalue weighted by Crippen LogP contribution is -2.39. The molecule has 1 aliphatic heterocycles. The van der Waals surface area contributed by atoms with Crippen LogP contribution in [-0.4, -0.2) is 41.3 Å². The second kappa shape index (κ2) is 3.91. The van der Waals surface area contributed by atoms with Crippen molar-refractivity contribution < 1.29 is 22.1 Å². The third kappa shape index (κ3) is 4.04. The van der Waals surface area contributed by atoms with Crippen LogP contribution >= 0.6 is 0 Å². The summed E-state index contributed by atoms with van der Waals surface area (Å²) in [6.45, 7) is 3.16. The molecule has 0 unspecified atom stereocenters. The van der Waals surface area contributed by atoms with Gasteiger partial charge in [0.1, 0.15) is 6.79 Å². The highest BCUT2D eigenvalue weighted by molar-refractivity contribution is 7.85. The molecule has 0 spiro atoms. The number of hydrogen-bond donors (Lipinski definition) is 0. The number of rotatable bonds is 3. The first kappa shape index (κ1) is 10.9. The maximum absolute atomic E-state index is 10.7. The number of hydrogen-bond acceptors (Lipinski definition) is 5. The molecule has 0 atom stereocenters. The highest BCUT2D eigenvalue weighted by Gasteiger charge is 2.30. The van der Waals surface area contributed by atoms with Crippen LogP contribution in [0.1, 0.15) is 6.92 Å². The highest BCUT2D eigenvalue weighted by atomic mass is 32.2. The minimum atomic E-state index is -3.37. The van der Waals surface area contributed by atoms with Crippen LogP contribution in [0.4, 0.5) is 0 Å². The van der Waals surface area contributed by atoms with E-state index in [1.807, 2.05) is 6.92 Å². The Morgan fingerprint density at radius 1 is 1.38 bits per heavy atom. The van der Waals surface area contributed by atoms with Crippen molar-refractivity contribution in [2.75, 3.05) is 32.9 Å². The SMILES string of the molecule is CC1(COS(C)(=O)=O)COCOC1. The average molecular weight is 210 g/mol. The Morgan fingerprint density at radius 3 is 2.38 bits per heavy atom. The molecule has 1 aliphatic rings. The zero-order valence-corrected chi connectivity index (χ0v) is 8.59. The molecular formula is C7H14O5S. The average Bonchev–Trinajstić information content (AvgIpc) is 2.02. The normalized spacial score (nSPS) is 22.9. The number of ether oxygens (including phenoxy) is 2. The topological polar surface area (TPSA) is 61.8 Å². The summed E-state index contributed by atoms with van der Waals surface area (Å²) in [5.74, 6) is 0. The van der Waals surface area contributed by atoms with Gasteiger partial charge in [-0.25, -0.2) is 0 Å². The monoisotopic (exact) mass is 210 g/mol. The Balaban J connectivity index is 2.42.